The van der Waals surface area contributed by atoms with Crippen molar-refractivity contribution in [2.45, 2.75) is 38.8 Å². The smallest absolute Gasteiger partial charge is 0.127 e. The zero-order valence-electron chi connectivity index (χ0n) is 13.1. The Morgan fingerprint density at radius 1 is 1.18 bits per heavy atom. The van der Waals surface area contributed by atoms with Crippen molar-refractivity contribution < 1.29 is 9.13 Å². The van der Waals surface area contributed by atoms with Crippen LogP contribution in [0.2, 0.25) is 0 Å². The average Bonchev–Trinajstić information content (AvgIpc) is 2.53. The molecule has 0 bridgehead atoms. The van der Waals surface area contributed by atoms with Gasteiger partial charge < -0.3 is 10.1 Å². The van der Waals surface area contributed by atoms with E-state index >= 15 is 0 Å². The van der Waals surface area contributed by atoms with Crippen LogP contribution in [0, 0.1) is 5.82 Å². The van der Waals surface area contributed by atoms with Crippen molar-refractivity contribution >= 4 is 0 Å². The minimum absolute atomic E-state index is 0.154. The summed E-state index contributed by atoms with van der Waals surface area (Å²) in [7, 11) is 0. The van der Waals surface area contributed by atoms with E-state index in [-0.39, 0.29) is 11.9 Å². The fourth-order valence-corrected chi connectivity index (χ4v) is 2.99. The van der Waals surface area contributed by atoms with E-state index in [0.717, 1.165) is 12.2 Å². The molecule has 1 unspecified atom stereocenters. The van der Waals surface area contributed by atoms with Gasteiger partial charge in [0.05, 0.1) is 6.61 Å². The SMILES string of the molecule is CC(C)c1cccc2c1OCCC2NCc1ccccc1F. The molecule has 22 heavy (non-hydrogen) atoms. The van der Waals surface area contributed by atoms with E-state index < -0.39 is 0 Å². The average molecular weight is 299 g/mol. The van der Waals surface area contributed by atoms with Gasteiger partial charge in [-0.25, -0.2) is 4.39 Å². The van der Waals surface area contributed by atoms with Gasteiger partial charge in [0.1, 0.15) is 11.6 Å². The van der Waals surface area contributed by atoms with Crippen LogP contribution in [0.5, 0.6) is 5.75 Å². The Balaban J connectivity index is 1.80. The number of hydrogen-bond donors (Lipinski definition) is 1. The second-order valence-electron chi connectivity index (χ2n) is 6.08. The number of para-hydroxylation sites is 1. The van der Waals surface area contributed by atoms with Crippen LogP contribution in [0.3, 0.4) is 0 Å². The molecule has 1 aliphatic heterocycles. The van der Waals surface area contributed by atoms with Crippen LogP contribution in [0.1, 0.15) is 48.9 Å². The van der Waals surface area contributed by atoms with Crippen LogP contribution in [-0.2, 0) is 6.54 Å². The molecule has 0 amide bonds. The number of ether oxygens (including phenoxy) is 1. The lowest BCUT2D eigenvalue weighted by molar-refractivity contribution is 0.248. The molecule has 0 fully saturated rings. The molecule has 2 aromatic rings. The number of fused-ring (bicyclic) bond motifs is 1. The maximum absolute atomic E-state index is 13.7. The molecule has 0 aromatic heterocycles. The van der Waals surface area contributed by atoms with Gasteiger partial charge in [0.15, 0.2) is 0 Å². The Labute approximate surface area is 131 Å². The third-order valence-electron chi connectivity index (χ3n) is 4.22. The van der Waals surface area contributed by atoms with Gasteiger partial charge in [-0.1, -0.05) is 50.2 Å². The second-order valence-corrected chi connectivity index (χ2v) is 6.08. The van der Waals surface area contributed by atoms with Crippen molar-refractivity contribution in [2.24, 2.45) is 0 Å². The standard InChI is InChI=1S/C19H22FNO/c1-13(2)15-7-5-8-16-18(10-11-22-19(15)16)21-12-14-6-3-4-9-17(14)20/h3-9,13,18,21H,10-12H2,1-2H3. The van der Waals surface area contributed by atoms with Gasteiger partial charge in [-0.3, -0.25) is 0 Å². The molecule has 2 aromatic carbocycles. The minimum atomic E-state index is -0.154. The van der Waals surface area contributed by atoms with E-state index in [4.69, 9.17) is 4.74 Å². The van der Waals surface area contributed by atoms with E-state index in [2.05, 4.69) is 37.4 Å². The van der Waals surface area contributed by atoms with Crippen LogP contribution in [0.25, 0.3) is 0 Å². The highest BCUT2D eigenvalue weighted by Gasteiger charge is 2.24. The van der Waals surface area contributed by atoms with Gasteiger partial charge in [0.2, 0.25) is 0 Å². The van der Waals surface area contributed by atoms with Crippen LogP contribution in [0.15, 0.2) is 42.5 Å². The quantitative estimate of drug-likeness (QED) is 0.893. The molecule has 116 valence electrons. The molecular weight excluding hydrogens is 277 g/mol. The summed E-state index contributed by atoms with van der Waals surface area (Å²) in [5, 5.41) is 3.48. The predicted molar refractivity (Wildman–Crippen MR) is 86.6 cm³/mol. The van der Waals surface area contributed by atoms with Crippen LogP contribution >= 0.6 is 0 Å². The summed E-state index contributed by atoms with van der Waals surface area (Å²) < 4.78 is 19.7. The van der Waals surface area contributed by atoms with E-state index in [1.807, 2.05) is 12.1 Å². The summed E-state index contributed by atoms with van der Waals surface area (Å²) in [6, 6.07) is 13.5. The minimum Gasteiger partial charge on any atom is -0.493 e. The largest absolute Gasteiger partial charge is 0.493 e. The molecule has 0 aliphatic carbocycles. The highest BCUT2D eigenvalue weighted by Crippen LogP contribution is 2.38. The number of nitrogens with one attached hydrogen (secondary N) is 1. The molecule has 0 radical (unpaired) electrons. The van der Waals surface area contributed by atoms with Crippen molar-refractivity contribution in [3.63, 3.8) is 0 Å². The third kappa shape index (κ3) is 3.00. The van der Waals surface area contributed by atoms with Crippen LogP contribution in [-0.4, -0.2) is 6.61 Å². The molecular formula is C19H22FNO. The normalized spacial score (nSPS) is 17.2. The van der Waals surface area contributed by atoms with Gasteiger partial charge in [-0.2, -0.15) is 0 Å². The predicted octanol–water partition coefficient (Wildman–Crippen LogP) is 4.56. The van der Waals surface area contributed by atoms with Gasteiger partial charge in [-0.15, -0.1) is 0 Å². The molecule has 1 heterocycles. The first-order valence-corrected chi connectivity index (χ1v) is 7.89. The summed E-state index contributed by atoms with van der Waals surface area (Å²) >= 11 is 0. The van der Waals surface area contributed by atoms with E-state index in [9.17, 15) is 4.39 Å². The molecule has 3 heteroatoms. The highest BCUT2D eigenvalue weighted by atomic mass is 19.1. The van der Waals surface area contributed by atoms with Crippen molar-refractivity contribution in [1.29, 1.82) is 0 Å². The maximum Gasteiger partial charge on any atom is 0.127 e. The molecule has 1 N–H and O–H groups in total. The topological polar surface area (TPSA) is 21.3 Å². The number of rotatable bonds is 4. The first-order chi connectivity index (χ1) is 10.7. The summed E-state index contributed by atoms with van der Waals surface area (Å²) in [6.45, 7) is 5.58. The second kappa shape index (κ2) is 6.49. The van der Waals surface area contributed by atoms with Gasteiger partial charge in [0.25, 0.3) is 0 Å². The summed E-state index contributed by atoms with van der Waals surface area (Å²) in [5.41, 5.74) is 3.14. The van der Waals surface area contributed by atoms with E-state index in [0.29, 0.717) is 24.6 Å². The molecule has 2 nitrogen and oxygen atoms in total. The van der Waals surface area contributed by atoms with Crippen molar-refractivity contribution in [2.75, 3.05) is 6.61 Å². The molecule has 3 rings (SSSR count). The van der Waals surface area contributed by atoms with Crippen LogP contribution < -0.4 is 10.1 Å². The lowest BCUT2D eigenvalue weighted by atomic mass is 9.93. The summed E-state index contributed by atoms with van der Waals surface area (Å²) in [5.74, 6) is 1.29. The van der Waals surface area contributed by atoms with Crippen molar-refractivity contribution in [3.8, 4) is 5.75 Å². The lowest BCUT2D eigenvalue weighted by Gasteiger charge is -2.29. The summed E-state index contributed by atoms with van der Waals surface area (Å²) in [4.78, 5) is 0. The number of benzene rings is 2. The Kier molecular flexibility index (Phi) is 4.44. The Bertz CT molecular complexity index is 654. The first-order valence-electron chi connectivity index (χ1n) is 7.89. The fourth-order valence-electron chi connectivity index (χ4n) is 2.99. The third-order valence-corrected chi connectivity index (χ3v) is 4.22. The highest BCUT2D eigenvalue weighted by molar-refractivity contribution is 5.46. The molecule has 1 aliphatic rings. The van der Waals surface area contributed by atoms with E-state index in [1.165, 1.54) is 17.2 Å². The molecule has 0 saturated carbocycles. The zero-order chi connectivity index (χ0) is 15.5. The summed E-state index contributed by atoms with van der Waals surface area (Å²) in [6.07, 6.45) is 0.906. The molecule has 0 saturated heterocycles. The van der Waals surface area contributed by atoms with Crippen molar-refractivity contribution in [1.82, 2.24) is 5.32 Å². The van der Waals surface area contributed by atoms with E-state index in [1.54, 1.807) is 6.07 Å². The van der Waals surface area contributed by atoms with Crippen LogP contribution in [0.4, 0.5) is 4.39 Å². The Hall–Kier alpha value is -1.87. The fraction of sp³-hybridized carbons (Fsp3) is 0.368. The maximum atomic E-state index is 13.7. The number of hydrogen-bond acceptors (Lipinski definition) is 2. The lowest BCUT2D eigenvalue weighted by Crippen LogP contribution is -2.27. The first kappa shape index (κ1) is 15.0. The van der Waals surface area contributed by atoms with Gasteiger partial charge >= 0.3 is 0 Å². The van der Waals surface area contributed by atoms with Crippen molar-refractivity contribution in [3.05, 3.63) is 65.0 Å². The zero-order valence-corrected chi connectivity index (χ0v) is 13.1. The Morgan fingerprint density at radius 3 is 2.77 bits per heavy atom. The monoisotopic (exact) mass is 299 g/mol. The Morgan fingerprint density at radius 2 is 2.00 bits per heavy atom. The molecule has 0 spiro atoms. The van der Waals surface area contributed by atoms with Gasteiger partial charge in [-0.05, 0) is 17.5 Å². The number of halogens is 1. The molecule has 1 atom stereocenters. The van der Waals surface area contributed by atoms with Gasteiger partial charge in [0, 0.05) is 30.1 Å².